The molecule has 3 rings (SSSR count). The molecular weight excluding hydrogens is 376 g/mol. The van der Waals surface area contributed by atoms with Crippen LogP contribution in [0.2, 0.25) is 5.02 Å². The van der Waals surface area contributed by atoms with Gasteiger partial charge >= 0.3 is 0 Å². The van der Waals surface area contributed by atoms with E-state index in [1.807, 2.05) is 0 Å². The number of benzene rings is 2. The van der Waals surface area contributed by atoms with Crippen LogP contribution in [-0.4, -0.2) is 16.7 Å². The Hall–Kier alpha value is -2.25. The van der Waals surface area contributed by atoms with Crippen LogP contribution in [0.5, 0.6) is 0 Å². The number of fused-ring (bicyclic) bond motifs is 1. The van der Waals surface area contributed by atoms with E-state index in [2.05, 4.69) is 15.9 Å². The summed E-state index contributed by atoms with van der Waals surface area (Å²) in [7, 11) is 0. The van der Waals surface area contributed by atoms with Crippen LogP contribution < -0.4 is 4.90 Å². The monoisotopic (exact) mass is 380 g/mol. The molecule has 0 radical (unpaired) electrons. The zero-order chi connectivity index (χ0) is 16.0. The number of carbonyl (C=O) groups excluding carboxylic acids is 2. The summed E-state index contributed by atoms with van der Waals surface area (Å²) in [5.74, 6) is -1.20. The van der Waals surface area contributed by atoms with Crippen LogP contribution in [0.4, 0.5) is 11.4 Å². The first-order valence-corrected chi connectivity index (χ1v) is 7.19. The van der Waals surface area contributed by atoms with Crippen molar-refractivity contribution in [2.75, 3.05) is 4.90 Å². The Morgan fingerprint density at radius 2 is 1.73 bits per heavy atom. The number of hydrogen-bond donors (Lipinski definition) is 0. The van der Waals surface area contributed by atoms with Gasteiger partial charge in [0.05, 0.1) is 16.1 Å². The molecule has 2 aromatic carbocycles. The lowest BCUT2D eigenvalue weighted by atomic mass is 10.1. The Kier molecular flexibility index (Phi) is 3.46. The van der Waals surface area contributed by atoms with E-state index in [0.29, 0.717) is 4.47 Å². The van der Waals surface area contributed by atoms with E-state index in [4.69, 9.17) is 11.6 Å². The zero-order valence-corrected chi connectivity index (χ0v) is 13.1. The van der Waals surface area contributed by atoms with Gasteiger partial charge < -0.3 is 0 Å². The van der Waals surface area contributed by atoms with Crippen molar-refractivity contribution in [1.29, 1.82) is 0 Å². The van der Waals surface area contributed by atoms with Crippen molar-refractivity contribution < 1.29 is 14.5 Å². The Bertz CT molecular complexity index is 853. The fourth-order valence-corrected chi connectivity index (χ4v) is 2.79. The van der Waals surface area contributed by atoms with Crippen LogP contribution in [0.15, 0.2) is 40.9 Å². The minimum Gasteiger partial charge on any atom is -0.268 e. The largest absolute Gasteiger partial charge is 0.294 e. The number of carbonyl (C=O) groups is 2. The van der Waals surface area contributed by atoms with E-state index >= 15 is 0 Å². The van der Waals surface area contributed by atoms with Crippen LogP contribution >= 0.6 is 27.5 Å². The Morgan fingerprint density at radius 1 is 1.05 bits per heavy atom. The molecule has 1 aliphatic rings. The summed E-state index contributed by atoms with van der Waals surface area (Å²) in [6.07, 6.45) is 0. The average molecular weight is 382 g/mol. The number of amides is 2. The highest BCUT2D eigenvalue weighted by Crippen LogP contribution is 2.36. The van der Waals surface area contributed by atoms with Crippen LogP contribution in [0.1, 0.15) is 20.7 Å². The minimum absolute atomic E-state index is 0.100. The Balaban J connectivity index is 2.18. The Morgan fingerprint density at radius 3 is 2.41 bits per heavy atom. The molecule has 8 heteroatoms. The molecule has 0 spiro atoms. The maximum Gasteiger partial charge on any atom is 0.294 e. The summed E-state index contributed by atoms with van der Waals surface area (Å²) in [6.45, 7) is 0. The average Bonchev–Trinajstić information content (AvgIpc) is 2.71. The van der Waals surface area contributed by atoms with Gasteiger partial charge in [0.25, 0.3) is 17.5 Å². The van der Waals surface area contributed by atoms with Gasteiger partial charge in [-0.15, -0.1) is 0 Å². The molecule has 6 nitrogen and oxygen atoms in total. The van der Waals surface area contributed by atoms with Gasteiger partial charge in [-0.3, -0.25) is 19.7 Å². The van der Waals surface area contributed by atoms with E-state index in [9.17, 15) is 19.7 Å². The van der Waals surface area contributed by atoms with Crippen molar-refractivity contribution >= 4 is 50.7 Å². The van der Waals surface area contributed by atoms with Crippen LogP contribution in [0, 0.1) is 10.1 Å². The summed E-state index contributed by atoms with van der Waals surface area (Å²) in [6, 6.07) is 8.43. The molecule has 2 aromatic rings. The maximum absolute atomic E-state index is 12.4. The molecule has 0 aromatic heterocycles. The van der Waals surface area contributed by atoms with Gasteiger partial charge in [-0.2, -0.15) is 0 Å². The Labute approximate surface area is 137 Å². The van der Waals surface area contributed by atoms with Crippen molar-refractivity contribution in [2.24, 2.45) is 0 Å². The SMILES string of the molecule is O=C1c2ccc(Br)cc2C(=O)N1c1ccc(Cl)cc1[N+](=O)[O-]. The van der Waals surface area contributed by atoms with Gasteiger partial charge in [0.2, 0.25) is 0 Å². The molecule has 22 heavy (non-hydrogen) atoms. The molecule has 0 bridgehead atoms. The second-order valence-electron chi connectivity index (χ2n) is 4.53. The predicted octanol–water partition coefficient (Wildman–Crippen LogP) is 3.81. The summed E-state index contributed by atoms with van der Waals surface area (Å²) in [5, 5.41) is 11.3. The second kappa shape index (κ2) is 5.19. The molecule has 0 saturated carbocycles. The van der Waals surface area contributed by atoms with Gasteiger partial charge in [0, 0.05) is 15.6 Å². The summed E-state index contributed by atoms with van der Waals surface area (Å²) < 4.78 is 0.639. The van der Waals surface area contributed by atoms with E-state index in [1.54, 1.807) is 6.07 Å². The maximum atomic E-state index is 12.4. The first-order chi connectivity index (χ1) is 10.4. The van der Waals surface area contributed by atoms with Crippen molar-refractivity contribution in [1.82, 2.24) is 0 Å². The van der Waals surface area contributed by atoms with Gasteiger partial charge in [-0.25, -0.2) is 4.90 Å². The number of nitro groups is 1. The smallest absolute Gasteiger partial charge is 0.268 e. The quantitative estimate of drug-likeness (QED) is 0.450. The van der Waals surface area contributed by atoms with Crippen molar-refractivity contribution in [3.8, 4) is 0 Å². The highest BCUT2D eigenvalue weighted by molar-refractivity contribution is 9.10. The number of hydrogen-bond acceptors (Lipinski definition) is 4. The molecule has 0 aliphatic carbocycles. The van der Waals surface area contributed by atoms with Gasteiger partial charge in [0.15, 0.2) is 0 Å². The lowest BCUT2D eigenvalue weighted by Crippen LogP contribution is -2.30. The first-order valence-electron chi connectivity index (χ1n) is 6.02. The van der Waals surface area contributed by atoms with Gasteiger partial charge in [0.1, 0.15) is 5.69 Å². The van der Waals surface area contributed by atoms with E-state index in [-0.39, 0.29) is 21.8 Å². The van der Waals surface area contributed by atoms with Crippen LogP contribution in [0.25, 0.3) is 0 Å². The third-order valence-electron chi connectivity index (χ3n) is 3.22. The number of halogens is 2. The number of nitrogens with zero attached hydrogens (tertiary/aromatic N) is 2. The third kappa shape index (κ3) is 2.18. The molecule has 110 valence electrons. The highest BCUT2D eigenvalue weighted by Gasteiger charge is 2.39. The molecule has 1 heterocycles. The number of nitro benzene ring substituents is 1. The molecule has 0 unspecified atom stereocenters. The molecule has 0 saturated heterocycles. The third-order valence-corrected chi connectivity index (χ3v) is 3.95. The first kappa shape index (κ1) is 14.7. The topological polar surface area (TPSA) is 80.5 Å². The standard InChI is InChI=1S/C14H6BrClN2O4/c15-7-1-3-9-10(5-7)14(20)17(13(9)19)11-4-2-8(16)6-12(11)18(21)22/h1-6H. The van der Waals surface area contributed by atoms with Crippen molar-refractivity contribution in [3.05, 3.63) is 67.1 Å². The second-order valence-corrected chi connectivity index (χ2v) is 5.88. The molecule has 2 amide bonds. The van der Waals surface area contributed by atoms with E-state index in [1.165, 1.54) is 24.3 Å². The van der Waals surface area contributed by atoms with Crippen LogP contribution in [0.3, 0.4) is 0 Å². The number of anilines is 1. The zero-order valence-electron chi connectivity index (χ0n) is 10.7. The van der Waals surface area contributed by atoms with E-state index < -0.39 is 22.4 Å². The molecule has 0 atom stereocenters. The van der Waals surface area contributed by atoms with Crippen molar-refractivity contribution in [3.63, 3.8) is 0 Å². The lowest BCUT2D eigenvalue weighted by molar-refractivity contribution is -0.384. The molecule has 0 N–H and O–H groups in total. The van der Waals surface area contributed by atoms with Crippen molar-refractivity contribution in [2.45, 2.75) is 0 Å². The summed E-state index contributed by atoms with van der Waals surface area (Å²) in [5.41, 5.74) is -0.0983. The molecule has 0 fully saturated rings. The fraction of sp³-hybridized carbons (Fsp3) is 0. The fourth-order valence-electron chi connectivity index (χ4n) is 2.26. The van der Waals surface area contributed by atoms with Crippen LogP contribution in [-0.2, 0) is 0 Å². The highest BCUT2D eigenvalue weighted by atomic mass is 79.9. The van der Waals surface area contributed by atoms with Gasteiger partial charge in [-0.1, -0.05) is 27.5 Å². The van der Waals surface area contributed by atoms with Gasteiger partial charge in [-0.05, 0) is 30.3 Å². The molecular formula is C14H6BrClN2O4. The summed E-state index contributed by atoms with van der Waals surface area (Å²) >= 11 is 8.98. The number of imide groups is 1. The van der Waals surface area contributed by atoms with E-state index in [0.717, 1.165) is 11.0 Å². The summed E-state index contributed by atoms with van der Waals surface area (Å²) in [4.78, 5) is 36.1. The number of rotatable bonds is 2. The minimum atomic E-state index is -0.680. The lowest BCUT2D eigenvalue weighted by Gasteiger charge is -2.14. The molecule has 1 aliphatic heterocycles. The predicted molar refractivity (Wildman–Crippen MR) is 83.4 cm³/mol. The normalized spacial score (nSPS) is 13.5.